The highest BCUT2D eigenvalue weighted by atomic mass is 35.5. The van der Waals surface area contributed by atoms with Crippen LogP contribution in [-0.4, -0.2) is 5.91 Å². The fraction of sp³-hybridized carbons (Fsp3) is 0. The minimum atomic E-state index is -0.370. The number of nitrogens with one attached hydrogen (secondary N) is 1. The largest absolute Gasteiger partial charge is 0.321 e. The molecule has 1 amide bonds. The number of rotatable bonds is 2. The minimum Gasteiger partial charge on any atom is -0.321 e. The molecule has 6 heteroatoms. The van der Waals surface area contributed by atoms with Crippen molar-refractivity contribution in [3.05, 3.63) is 62.1 Å². The van der Waals surface area contributed by atoms with Gasteiger partial charge in [0.2, 0.25) is 0 Å². The predicted octanol–water partition coefficient (Wildman–Crippen LogP) is 5.55. The maximum Gasteiger partial charge on any atom is 0.257 e. The lowest BCUT2D eigenvalue weighted by atomic mass is 10.2. The molecule has 1 N–H and O–H groups in total. The van der Waals surface area contributed by atoms with Crippen molar-refractivity contribution in [2.75, 3.05) is 5.32 Å². The molecule has 0 aliphatic heterocycles. The van der Waals surface area contributed by atoms with Gasteiger partial charge in [-0.25, -0.2) is 0 Å². The average molecular weight is 335 g/mol. The van der Waals surface area contributed by atoms with Crippen molar-refractivity contribution in [1.82, 2.24) is 0 Å². The number of benzene rings is 2. The monoisotopic (exact) mass is 333 g/mol. The summed E-state index contributed by atoms with van der Waals surface area (Å²) in [5, 5.41) is 3.70. The number of anilines is 1. The van der Waals surface area contributed by atoms with Crippen molar-refractivity contribution in [2.24, 2.45) is 0 Å². The maximum absolute atomic E-state index is 12.1. The Morgan fingerprint density at radius 3 is 2.21 bits per heavy atom. The van der Waals surface area contributed by atoms with Crippen LogP contribution in [0.2, 0.25) is 20.1 Å². The third-order valence-electron chi connectivity index (χ3n) is 2.40. The average Bonchev–Trinajstić information content (AvgIpc) is 2.40. The molecule has 2 nitrogen and oxygen atoms in total. The molecule has 0 aliphatic carbocycles. The molecule has 0 heterocycles. The molecule has 0 fully saturated rings. The summed E-state index contributed by atoms with van der Waals surface area (Å²) in [5.74, 6) is -0.370. The standard InChI is InChI=1S/C13H7Cl4NO/c14-8-4-2-1-3-7(8)13(19)18-10-6-5-9(15)11(16)12(10)17/h1-6H,(H,18,19). The summed E-state index contributed by atoms with van der Waals surface area (Å²) in [5.41, 5.74) is 0.729. The molecule has 0 radical (unpaired) electrons. The van der Waals surface area contributed by atoms with Gasteiger partial charge in [0.15, 0.2) is 0 Å². The van der Waals surface area contributed by atoms with E-state index in [4.69, 9.17) is 46.4 Å². The summed E-state index contributed by atoms with van der Waals surface area (Å²) < 4.78 is 0. The second-order valence-corrected chi connectivity index (χ2v) is 5.23. The van der Waals surface area contributed by atoms with Crippen LogP contribution >= 0.6 is 46.4 Å². The number of carbonyl (C=O) groups is 1. The molecular weight excluding hydrogens is 328 g/mol. The highest BCUT2D eigenvalue weighted by Gasteiger charge is 2.14. The van der Waals surface area contributed by atoms with Crippen LogP contribution in [0.1, 0.15) is 10.4 Å². The smallest absolute Gasteiger partial charge is 0.257 e. The number of carbonyl (C=O) groups excluding carboxylic acids is 1. The summed E-state index contributed by atoms with van der Waals surface area (Å²) in [7, 11) is 0. The molecule has 98 valence electrons. The van der Waals surface area contributed by atoms with Crippen molar-refractivity contribution >= 4 is 58.0 Å². The molecule has 0 spiro atoms. The third kappa shape index (κ3) is 3.15. The third-order valence-corrected chi connectivity index (χ3v) is 4.03. The fourth-order valence-electron chi connectivity index (χ4n) is 1.46. The summed E-state index contributed by atoms with van der Waals surface area (Å²) in [4.78, 5) is 12.1. The molecule has 0 aliphatic rings. The Morgan fingerprint density at radius 2 is 1.53 bits per heavy atom. The van der Waals surface area contributed by atoms with Gasteiger partial charge in [0, 0.05) is 0 Å². The Morgan fingerprint density at radius 1 is 0.842 bits per heavy atom. The minimum absolute atomic E-state index is 0.189. The van der Waals surface area contributed by atoms with E-state index in [2.05, 4.69) is 5.32 Å². The van der Waals surface area contributed by atoms with Gasteiger partial charge < -0.3 is 5.32 Å². The van der Waals surface area contributed by atoms with Crippen molar-refractivity contribution in [1.29, 1.82) is 0 Å². The first-order valence-corrected chi connectivity index (χ1v) is 6.71. The molecule has 0 atom stereocenters. The normalized spacial score (nSPS) is 10.3. The zero-order valence-corrected chi connectivity index (χ0v) is 12.4. The second kappa shape index (κ2) is 6.02. The zero-order valence-electron chi connectivity index (χ0n) is 9.38. The summed E-state index contributed by atoms with van der Waals surface area (Å²) in [6.45, 7) is 0. The molecule has 0 saturated carbocycles. The molecule has 0 aromatic heterocycles. The number of halogens is 4. The van der Waals surface area contributed by atoms with Gasteiger partial charge in [0.05, 0.1) is 31.3 Å². The summed E-state index contributed by atoms with van der Waals surface area (Å²) >= 11 is 23.7. The molecule has 0 bridgehead atoms. The van der Waals surface area contributed by atoms with Crippen LogP contribution < -0.4 is 5.32 Å². The van der Waals surface area contributed by atoms with Gasteiger partial charge in [-0.3, -0.25) is 4.79 Å². The highest BCUT2D eigenvalue weighted by Crippen LogP contribution is 2.35. The predicted molar refractivity (Wildman–Crippen MR) is 80.9 cm³/mol. The van der Waals surface area contributed by atoms with Crippen LogP contribution in [0.4, 0.5) is 5.69 Å². The molecule has 2 rings (SSSR count). The van der Waals surface area contributed by atoms with Crippen molar-refractivity contribution < 1.29 is 4.79 Å². The van der Waals surface area contributed by atoms with E-state index in [1.165, 1.54) is 0 Å². The molecule has 19 heavy (non-hydrogen) atoms. The van der Waals surface area contributed by atoms with Crippen LogP contribution in [0.25, 0.3) is 0 Å². The number of hydrogen-bond acceptors (Lipinski definition) is 1. The fourth-order valence-corrected chi connectivity index (χ4v) is 2.26. The van der Waals surface area contributed by atoms with Gasteiger partial charge in [-0.2, -0.15) is 0 Å². The van der Waals surface area contributed by atoms with Gasteiger partial charge in [-0.05, 0) is 24.3 Å². The molecule has 2 aromatic rings. The van der Waals surface area contributed by atoms with Crippen LogP contribution in [-0.2, 0) is 0 Å². The Hall–Kier alpha value is -0.930. The zero-order chi connectivity index (χ0) is 14.0. The lowest BCUT2D eigenvalue weighted by Gasteiger charge is -2.10. The number of hydrogen-bond donors (Lipinski definition) is 1. The van der Waals surface area contributed by atoms with Gasteiger partial charge in [-0.1, -0.05) is 58.5 Å². The van der Waals surface area contributed by atoms with Crippen LogP contribution in [0.3, 0.4) is 0 Å². The second-order valence-electron chi connectivity index (χ2n) is 3.66. The Kier molecular flexibility index (Phi) is 4.58. The number of amides is 1. The Bertz CT molecular complexity index is 643. The molecule has 0 unspecified atom stereocenters. The van der Waals surface area contributed by atoms with Crippen molar-refractivity contribution in [3.8, 4) is 0 Å². The molecular formula is C13H7Cl4NO. The first-order valence-electron chi connectivity index (χ1n) is 5.20. The molecule has 2 aromatic carbocycles. The lowest BCUT2D eigenvalue weighted by molar-refractivity contribution is 0.102. The summed E-state index contributed by atoms with van der Waals surface area (Å²) in [6, 6.07) is 9.84. The van der Waals surface area contributed by atoms with Gasteiger partial charge >= 0.3 is 0 Å². The van der Waals surface area contributed by atoms with Gasteiger partial charge in [-0.15, -0.1) is 0 Å². The van der Waals surface area contributed by atoms with E-state index < -0.39 is 0 Å². The first kappa shape index (κ1) is 14.5. The van der Waals surface area contributed by atoms with Crippen LogP contribution in [0.5, 0.6) is 0 Å². The summed E-state index contributed by atoms with van der Waals surface area (Å²) in [6.07, 6.45) is 0. The highest BCUT2D eigenvalue weighted by molar-refractivity contribution is 6.49. The SMILES string of the molecule is O=C(Nc1ccc(Cl)c(Cl)c1Cl)c1ccccc1Cl. The van der Waals surface area contributed by atoms with E-state index in [1.54, 1.807) is 36.4 Å². The maximum atomic E-state index is 12.1. The lowest BCUT2D eigenvalue weighted by Crippen LogP contribution is -2.12. The van der Waals surface area contributed by atoms with E-state index >= 15 is 0 Å². The Labute approximate surface area is 130 Å². The van der Waals surface area contributed by atoms with Crippen LogP contribution in [0.15, 0.2) is 36.4 Å². The van der Waals surface area contributed by atoms with E-state index in [0.717, 1.165) is 0 Å². The van der Waals surface area contributed by atoms with Crippen LogP contribution in [0, 0.1) is 0 Å². The van der Waals surface area contributed by atoms with Crippen molar-refractivity contribution in [2.45, 2.75) is 0 Å². The van der Waals surface area contributed by atoms with E-state index in [1.807, 2.05) is 0 Å². The quantitative estimate of drug-likeness (QED) is 0.716. The van der Waals surface area contributed by atoms with E-state index in [-0.39, 0.29) is 16.0 Å². The van der Waals surface area contributed by atoms with Gasteiger partial charge in [0.1, 0.15) is 0 Å². The van der Waals surface area contributed by atoms with E-state index in [9.17, 15) is 4.79 Å². The van der Waals surface area contributed by atoms with Crippen molar-refractivity contribution in [3.63, 3.8) is 0 Å². The topological polar surface area (TPSA) is 29.1 Å². The Balaban J connectivity index is 2.30. The molecule has 0 saturated heterocycles. The van der Waals surface area contributed by atoms with E-state index in [0.29, 0.717) is 21.3 Å². The van der Waals surface area contributed by atoms with Gasteiger partial charge in [0.25, 0.3) is 5.91 Å². The first-order chi connectivity index (χ1) is 9.00.